The van der Waals surface area contributed by atoms with Gasteiger partial charge in [-0.3, -0.25) is 0 Å². The highest BCUT2D eigenvalue weighted by molar-refractivity contribution is 7.14. The third-order valence-corrected chi connectivity index (χ3v) is 7.08. The molecule has 0 radical (unpaired) electrons. The molecule has 0 unspecified atom stereocenters. The standard InChI is InChI=1S/C25H22ClN3O3S/c26-20-10-15(12-27-17-13-30-14-17)4-6-21(20)28-25-19-3-1-2-18(24(19)33-29-25)16-5-7-22-23(11-16)32-9-8-31-22/h1-7,10-11,17,27H,8-9,12-14H2,(H,28,29). The van der Waals surface area contributed by atoms with E-state index in [0.29, 0.717) is 24.3 Å². The quantitative estimate of drug-likeness (QED) is 0.374. The van der Waals surface area contributed by atoms with Crippen LogP contribution in [0, 0.1) is 0 Å². The molecule has 1 aromatic heterocycles. The van der Waals surface area contributed by atoms with Crippen LogP contribution in [0.5, 0.6) is 11.5 Å². The van der Waals surface area contributed by atoms with Gasteiger partial charge in [0.25, 0.3) is 0 Å². The summed E-state index contributed by atoms with van der Waals surface area (Å²) in [5.41, 5.74) is 4.17. The normalized spacial score (nSPS) is 15.4. The second-order valence-electron chi connectivity index (χ2n) is 8.13. The van der Waals surface area contributed by atoms with Crippen molar-refractivity contribution in [3.63, 3.8) is 0 Å². The van der Waals surface area contributed by atoms with Gasteiger partial charge in [-0.1, -0.05) is 35.9 Å². The fraction of sp³-hybridized carbons (Fsp3) is 0.240. The lowest BCUT2D eigenvalue weighted by Gasteiger charge is -2.27. The summed E-state index contributed by atoms with van der Waals surface area (Å²) < 4.78 is 22.4. The number of benzene rings is 3. The van der Waals surface area contributed by atoms with Gasteiger partial charge in [0, 0.05) is 17.5 Å². The van der Waals surface area contributed by atoms with Gasteiger partial charge < -0.3 is 24.8 Å². The summed E-state index contributed by atoms with van der Waals surface area (Å²) in [6.45, 7) is 3.48. The average molecular weight is 480 g/mol. The van der Waals surface area contributed by atoms with Crippen molar-refractivity contribution in [2.45, 2.75) is 12.6 Å². The van der Waals surface area contributed by atoms with Gasteiger partial charge in [-0.05, 0) is 53.0 Å². The van der Waals surface area contributed by atoms with Gasteiger partial charge in [0.15, 0.2) is 17.3 Å². The zero-order valence-electron chi connectivity index (χ0n) is 17.8. The van der Waals surface area contributed by atoms with E-state index in [1.54, 1.807) is 0 Å². The van der Waals surface area contributed by atoms with Gasteiger partial charge in [0.1, 0.15) is 13.2 Å². The summed E-state index contributed by atoms with van der Waals surface area (Å²) in [6, 6.07) is 18.8. The fourth-order valence-electron chi connectivity index (χ4n) is 4.00. The van der Waals surface area contributed by atoms with Gasteiger partial charge in [-0.2, -0.15) is 4.37 Å². The van der Waals surface area contributed by atoms with Crippen LogP contribution >= 0.6 is 23.1 Å². The number of nitrogens with zero attached hydrogens (tertiary/aromatic N) is 1. The van der Waals surface area contributed by atoms with Crippen LogP contribution < -0.4 is 20.1 Å². The van der Waals surface area contributed by atoms with Gasteiger partial charge in [-0.25, -0.2) is 0 Å². The summed E-state index contributed by atoms with van der Waals surface area (Å²) in [4.78, 5) is 0. The number of hydrogen-bond donors (Lipinski definition) is 2. The Kier molecular flexibility index (Phi) is 5.55. The largest absolute Gasteiger partial charge is 0.486 e. The van der Waals surface area contributed by atoms with Crippen molar-refractivity contribution in [2.24, 2.45) is 0 Å². The minimum Gasteiger partial charge on any atom is -0.486 e. The molecule has 1 saturated heterocycles. The summed E-state index contributed by atoms with van der Waals surface area (Å²) in [5, 5.41) is 8.61. The molecule has 4 aromatic rings. The highest BCUT2D eigenvalue weighted by Crippen LogP contribution is 2.40. The Labute approximate surface area is 200 Å². The van der Waals surface area contributed by atoms with E-state index < -0.39 is 0 Å². The molecule has 6 rings (SSSR count). The second-order valence-corrected chi connectivity index (χ2v) is 9.31. The topological polar surface area (TPSA) is 64.6 Å². The third kappa shape index (κ3) is 4.13. The first kappa shape index (κ1) is 20.7. The predicted octanol–water partition coefficient (Wildman–Crippen LogP) is 5.62. The van der Waals surface area contributed by atoms with Crippen LogP contribution in [-0.2, 0) is 11.3 Å². The van der Waals surface area contributed by atoms with Crippen molar-refractivity contribution >= 4 is 44.7 Å². The van der Waals surface area contributed by atoms with Crippen LogP contribution in [0.1, 0.15) is 5.56 Å². The Morgan fingerprint density at radius 2 is 1.88 bits per heavy atom. The Bertz CT molecular complexity index is 1320. The molecular formula is C25H22ClN3O3S. The van der Waals surface area contributed by atoms with Crippen molar-refractivity contribution in [1.82, 2.24) is 9.69 Å². The molecule has 1 fully saturated rings. The first-order valence-electron chi connectivity index (χ1n) is 10.9. The predicted molar refractivity (Wildman–Crippen MR) is 132 cm³/mol. The number of anilines is 2. The first-order valence-corrected chi connectivity index (χ1v) is 12.0. The Morgan fingerprint density at radius 1 is 1.00 bits per heavy atom. The maximum absolute atomic E-state index is 6.59. The fourth-order valence-corrected chi connectivity index (χ4v) is 5.13. The van der Waals surface area contributed by atoms with E-state index in [4.69, 9.17) is 30.2 Å². The summed E-state index contributed by atoms with van der Waals surface area (Å²) in [7, 11) is 0. The third-order valence-electron chi connectivity index (χ3n) is 5.87. The first-order chi connectivity index (χ1) is 16.2. The van der Waals surface area contributed by atoms with Gasteiger partial charge in [0.05, 0.1) is 34.7 Å². The van der Waals surface area contributed by atoms with Crippen LogP contribution in [0.2, 0.25) is 5.02 Å². The van der Waals surface area contributed by atoms with E-state index in [2.05, 4.69) is 41.0 Å². The van der Waals surface area contributed by atoms with E-state index in [0.717, 1.165) is 69.5 Å². The molecule has 8 heteroatoms. The number of aromatic nitrogens is 1. The van der Waals surface area contributed by atoms with Crippen LogP contribution in [0.3, 0.4) is 0 Å². The van der Waals surface area contributed by atoms with Crippen molar-refractivity contribution in [3.8, 4) is 22.6 Å². The monoisotopic (exact) mass is 479 g/mol. The maximum atomic E-state index is 6.59. The molecule has 0 aliphatic carbocycles. The molecule has 2 N–H and O–H groups in total. The Hall–Kier alpha value is -2.84. The number of hydrogen-bond acceptors (Lipinski definition) is 7. The molecule has 33 heavy (non-hydrogen) atoms. The van der Waals surface area contributed by atoms with Crippen LogP contribution in [0.25, 0.3) is 21.2 Å². The van der Waals surface area contributed by atoms with Gasteiger partial charge in [0.2, 0.25) is 0 Å². The lowest BCUT2D eigenvalue weighted by molar-refractivity contribution is -0.00578. The average Bonchev–Trinajstić information content (AvgIpc) is 3.22. The smallest absolute Gasteiger partial charge is 0.161 e. The van der Waals surface area contributed by atoms with E-state index in [-0.39, 0.29) is 0 Å². The van der Waals surface area contributed by atoms with Crippen LogP contribution in [-0.4, -0.2) is 36.8 Å². The number of fused-ring (bicyclic) bond motifs is 2. The van der Waals surface area contributed by atoms with Crippen molar-refractivity contribution in [3.05, 3.63) is 65.2 Å². The molecule has 3 aromatic carbocycles. The molecule has 0 amide bonds. The lowest BCUT2D eigenvalue weighted by atomic mass is 10.0. The van der Waals surface area contributed by atoms with Gasteiger partial charge in [-0.15, -0.1) is 0 Å². The molecule has 3 heterocycles. The number of ether oxygens (including phenoxy) is 3. The zero-order valence-corrected chi connectivity index (χ0v) is 19.3. The Balaban J connectivity index is 1.26. The molecule has 0 atom stereocenters. The van der Waals surface area contributed by atoms with E-state index in [1.165, 1.54) is 11.5 Å². The summed E-state index contributed by atoms with van der Waals surface area (Å²) in [5.74, 6) is 2.37. The Morgan fingerprint density at radius 3 is 2.70 bits per heavy atom. The molecule has 168 valence electrons. The van der Waals surface area contributed by atoms with Crippen molar-refractivity contribution in [1.29, 1.82) is 0 Å². The molecule has 2 aliphatic heterocycles. The lowest BCUT2D eigenvalue weighted by Crippen LogP contribution is -2.45. The minimum absolute atomic E-state index is 0.436. The highest BCUT2D eigenvalue weighted by Gasteiger charge is 2.18. The van der Waals surface area contributed by atoms with Crippen molar-refractivity contribution in [2.75, 3.05) is 31.7 Å². The highest BCUT2D eigenvalue weighted by atomic mass is 35.5. The van der Waals surface area contributed by atoms with Crippen LogP contribution in [0.15, 0.2) is 54.6 Å². The van der Waals surface area contributed by atoms with Gasteiger partial charge >= 0.3 is 0 Å². The van der Waals surface area contributed by atoms with E-state index in [9.17, 15) is 0 Å². The number of halogens is 1. The maximum Gasteiger partial charge on any atom is 0.161 e. The summed E-state index contributed by atoms with van der Waals surface area (Å²) >= 11 is 8.06. The molecule has 0 saturated carbocycles. The molecule has 0 bridgehead atoms. The van der Waals surface area contributed by atoms with Crippen molar-refractivity contribution < 1.29 is 14.2 Å². The SMILES string of the molecule is Clc1cc(CNC2COC2)ccc1Nc1nsc2c(-c3ccc4c(c3)OCCO4)cccc12. The zero-order chi connectivity index (χ0) is 22.2. The molecular weight excluding hydrogens is 458 g/mol. The molecule has 2 aliphatic rings. The van der Waals surface area contributed by atoms with Crippen LogP contribution in [0.4, 0.5) is 11.5 Å². The number of rotatable bonds is 6. The minimum atomic E-state index is 0.436. The number of nitrogens with one attached hydrogen (secondary N) is 2. The molecule has 6 nitrogen and oxygen atoms in total. The van der Waals surface area contributed by atoms with E-state index >= 15 is 0 Å². The van der Waals surface area contributed by atoms with E-state index in [1.807, 2.05) is 24.3 Å². The summed E-state index contributed by atoms with van der Waals surface area (Å²) in [6.07, 6.45) is 0. The second kappa shape index (κ2) is 8.83. The molecule has 0 spiro atoms.